The van der Waals surface area contributed by atoms with Crippen molar-refractivity contribution in [2.45, 2.75) is 18.5 Å². The smallest absolute Gasteiger partial charge is 0.113 e. The molecule has 1 unspecified atom stereocenters. The topological polar surface area (TPSA) is 41.6 Å². The Morgan fingerprint density at radius 3 is 1.75 bits per heavy atom. The molecule has 0 saturated carbocycles. The van der Waals surface area contributed by atoms with E-state index >= 15 is 0 Å². The fourth-order valence-electron chi connectivity index (χ4n) is 3.20. The molecule has 0 fully saturated rings. The lowest BCUT2D eigenvalue weighted by Gasteiger charge is -2.36. The molecule has 102 valence electrons. The Morgan fingerprint density at radius 1 is 0.950 bits per heavy atom. The van der Waals surface area contributed by atoms with Crippen LogP contribution in [0.15, 0.2) is 65.8 Å². The van der Waals surface area contributed by atoms with Gasteiger partial charge in [0.2, 0.25) is 0 Å². The quantitative estimate of drug-likeness (QED) is 0.906. The molecular formula is C17H19N3. The molecule has 2 aromatic carbocycles. The highest BCUT2D eigenvalue weighted by Crippen LogP contribution is 2.41. The van der Waals surface area contributed by atoms with Gasteiger partial charge in [-0.25, -0.2) is 0 Å². The fraction of sp³-hybridized carbons (Fsp3) is 0.235. The predicted octanol–water partition coefficient (Wildman–Crippen LogP) is 2.58. The number of rotatable bonds is 2. The number of likely N-dealkylation sites (N-methyl/N-ethyl adjacent to an activating group) is 1. The van der Waals surface area contributed by atoms with E-state index in [9.17, 15) is 0 Å². The minimum absolute atomic E-state index is 0.202. The molecule has 0 radical (unpaired) electrons. The summed E-state index contributed by atoms with van der Waals surface area (Å²) >= 11 is 0. The Hall–Kier alpha value is -2.13. The number of hydrogen-bond donors (Lipinski definition) is 1. The fourth-order valence-corrected chi connectivity index (χ4v) is 3.20. The number of hydrazone groups is 1. The van der Waals surface area contributed by atoms with Gasteiger partial charge >= 0.3 is 0 Å². The number of hydrogen-bond acceptors (Lipinski definition) is 3. The van der Waals surface area contributed by atoms with Crippen LogP contribution in [0.4, 0.5) is 0 Å². The van der Waals surface area contributed by atoms with Crippen molar-refractivity contribution in [2.75, 3.05) is 7.05 Å². The molecule has 3 rings (SSSR count). The first-order chi connectivity index (χ1) is 9.67. The third-order valence-corrected chi connectivity index (χ3v) is 4.18. The Morgan fingerprint density at radius 2 is 1.40 bits per heavy atom. The summed E-state index contributed by atoms with van der Waals surface area (Å²) in [6, 6.07) is 20.8. The van der Waals surface area contributed by atoms with Crippen molar-refractivity contribution in [1.29, 1.82) is 0 Å². The molecule has 0 bridgehead atoms. The summed E-state index contributed by atoms with van der Waals surface area (Å²) < 4.78 is 0. The van der Waals surface area contributed by atoms with Gasteiger partial charge in [-0.3, -0.25) is 5.01 Å². The molecule has 2 N–H and O–H groups in total. The van der Waals surface area contributed by atoms with E-state index in [4.69, 9.17) is 5.73 Å². The van der Waals surface area contributed by atoms with E-state index in [-0.39, 0.29) is 11.6 Å². The first kappa shape index (κ1) is 12.9. The van der Waals surface area contributed by atoms with Gasteiger partial charge in [0.25, 0.3) is 0 Å². The summed E-state index contributed by atoms with van der Waals surface area (Å²) in [7, 11) is 1.93. The van der Waals surface area contributed by atoms with Gasteiger partial charge in [-0.05, 0) is 18.1 Å². The van der Waals surface area contributed by atoms with Crippen LogP contribution in [0.1, 0.15) is 18.1 Å². The Balaban J connectivity index is 2.28. The van der Waals surface area contributed by atoms with Crippen LogP contribution in [-0.2, 0) is 5.41 Å². The molecule has 0 amide bonds. The van der Waals surface area contributed by atoms with Gasteiger partial charge in [0.1, 0.15) is 6.17 Å². The van der Waals surface area contributed by atoms with E-state index in [1.54, 1.807) is 0 Å². The van der Waals surface area contributed by atoms with Crippen molar-refractivity contribution in [3.8, 4) is 0 Å². The van der Waals surface area contributed by atoms with Crippen molar-refractivity contribution >= 4 is 5.71 Å². The highest BCUT2D eigenvalue weighted by atomic mass is 15.5. The van der Waals surface area contributed by atoms with Crippen molar-refractivity contribution < 1.29 is 0 Å². The maximum atomic E-state index is 6.52. The average Bonchev–Trinajstić information content (AvgIpc) is 2.72. The molecule has 3 heteroatoms. The zero-order valence-corrected chi connectivity index (χ0v) is 11.8. The largest absolute Gasteiger partial charge is 0.309 e. The van der Waals surface area contributed by atoms with E-state index in [1.807, 2.05) is 24.2 Å². The molecule has 0 aliphatic carbocycles. The molecule has 2 aromatic rings. The highest BCUT2D eigenvalue weighted by molar-refractivity contribution is 5.98. The molecule has 1 atom stereocenters. The van der Waals surface area contributed by atoms with E-state index in [0.29, 0.717) is 0 Å². The van der Waals surface area contributed by atoms with Crippen LogP contribution in [0.25, 0.3) is 0 Å². The van der Waals surface area contributed by atoms with Gasteiger partial charge in [-0.15, -0.1) is 0 Å². The average molecular weight is 265 g/mol. The van der Waals surface area contributed by atoms with E-state index in [2.05, 4.69) is 60.6 Å². The molecule has 1 heterocycles. The van der Waals surface area contributed by atoms with Crippen molar-refractivity contribution in [3.63, 3.8) is 0 Å². The third kappa shape index (κ3) is 1.67. The summed E-state index contributed by atoms with van der Waals surface area (Å²) in [5.74, 6) is 0. The van der Waals surface area contributed by atoms with Gasteiger partial charge in [-0.2, -0.15) is 5.10 Å². The SMILES string of the molecule is CC1=NN(C)C(N)C1(c1ccccc1)c1ccccc1. The number of benzene rings is 2. The number of nitrogens with zero attached hydrogens (tertiary/aromatic N) is 2. The van der Waals surface area contributed by atoms with Crippen LogP contribution < -0.4 is 5.73 Å². The second-order valence-corrected chi connectivity index (χ2v) is 5.24. The lowest BCUT2D eigenvalue weighted by atomic mass is 9.69. The van der Waals surface area contributed by atoms with Gasteiger partial charge in [0.05, 0.1) is 11.1 Å². The van der Waals surface area contributed by atoms with Crippen LogP contribution in [0.2, 0.25) is 0 Å². The first-order valence-corrected chi connectivity index (χ1v) is 6.82. The summed E-state index contributed by atoms with van der Waals surface area (Å²) in [6.07, 6.45) is -0.202. The third-order valence-electron chi connectivity index (χ3n) is 4.18. The van der Waals surface area contributed by atoms with E-state index in [0.717, 1.165) is 5.71 Å². The van der Waals surface area contributed by atoms with Crippen molar-refractivity contribution in [3.05, 3.63) is 71.8 Å². The van der Waals surface area contributed by atoms with Gasteiger partial charge in [0, 0.05) is 7.05 Å². The second kappa shape index (κ2) is 4.76. The zero-order chi connectivity index (χ0) is 14.2. The molecular weight excluding hydrogens is 246 g/mol. The molecule has 1 aliphatic rings. The summed E-state index contributed by atoms with van der Waals surface area (Å²) in [6.45, 7) is 2.06. The maximum absolute atomic E-state index is 6.52. The van der Waals surface area contributed by atoms with E-state index in [1.165, 1.54) is 11.1 Å². The van der Waals surface area contributed by atoms with Crippen LogP contribution in [-0.4, -0.2) is 23.9 Å². The van der Waals surface area contributed by atoms with Gasteiger partial charge in [0.15, 0.2) is 0 Å². The van der Waals surface area contributed by atoms with E-state index < -0.39 is 0 Å². The van der Waals surface area contributed by atoms with Crippen molar-refractivity contribution in [2.24, 2.45) is 10.8 Å². The molecule has 20 heavy (non-hydrogen) atoms. The standard InChI is InChI=1S/C17H19N3/c1-13-17(16(18)20(2)19-13,14-9-5-3-6-10-14)15-11-7-4-8-12-15/h3-12,16H,18H2,1-2H3. The first-order valence-electron chi connectivity index (χ1n) is 6.82. The normalized spacial score (nSPS) is 20.9. The Bertz CT molecular complexity index is 580. The molecule has 1 aliphatic heterocycles. The van der Waals surface area contributed by atoms with Crippen LogP contribution in [0.5, 0.6) is 0 Å². The van der Waals surface area contributed by atoms with Gasteiger partial charge < -0.3 is 5.73 Å². The van der Waals surface area contributed by atoms with Gasteiger partial charge in [-0.1, -0.05) is 60.7 Å². The minimum atomic E-state index is -0.378. The van der Waals surface area contributed by atoms with Crippen LogP contribution in [0.3, 0.4) is 0 Å². The number of nitrogens with two attached hydrogens (primary N) is 1. The summed E-state index contributed by atoms with van der Waals surface area (Å²) in [5.41, 5.74) is 9.55. The predicted molar refractivity (Wildman–Crippen MR) is 82.5 cm³/mol. The molecule has 0 spiro atoms. The Kier molecular flexibility index (Phi) is 3.07. The van der Waals surface area contributed by atoms with Crippen LogP contribution in [0, 0.1) is 0 Å². The highest BCUT2D eigenvalue weighted by Gasteiger charge is 2.49. The second-order valence-electron chi connectivity index (χ2n) is 5.24. The molecule has 3 nitrogen and oxygen atoms in total. The monoisotopic (exact) mass is 265 g/mol. The van der Waals surface area contributed by atoms with Crippen LogP contribution >= 0.6 is 0 Å². The minimum Gasteiger partial charge on any atom is -0.309 e. The molecule has 0 saturated heterocycles. The zero-order valence-electron chi connectivity index (χ0n) is 11.8. The summed E-state index contributed by atoms with van der Waals surface area (Å²) in [5, 5.41) is 6.46. The lowest BCUT2D eigenvalue weighted by molar-refractivity contribution is 0.247. The maximum Gasteiger partial charge on any atom is 0.113 e. The molecule has 0 aromatic heterocycles. The van der Waals surface area contributed by atoms with Crippen molar-refractivity contribution in [1.82, 2.24) is 5.01 Å². The Labute approximate surface area is 119 Å². The lowest BCUT2D eigenvalue weighted by Crippen LogP contribution is -2.52. The summed E-state index contributed by atoms with van der Waals surface area (Å²) in [4.78, 5) is 0.